The van der Waals surface area contributed by atoms with E-state index in [2.05, 4.69) is 6.07 Å². The van der Waals surface area contributed by atoms with Crippen molar-refractivity contribution < 1.29 is 13.5 Å². The van der Waals surface area contributed by atoms with Crippen molar-refractivity contribution in [2.45, 2.75) is 51.0 Å². The predicted octanol–water partition coefficient (Wildman–Crippen LogP) is 3.70. The summed E-state index contributed by atoms with van der Waals surface area (Å²) in [5, 5.41) is 0. The first kappa shape index (κ1) is 15.2. The third-order valence-corrected chi connectivity index (χ3v) is 4.26. The average Bonchev–Trinajstić information content (AvgIpc) is 2.38. The van der Waals surface area contributed by atoms with E-state index in [9.17, 15) is 8.78 Å². The molecule has 1 atom stereocenters. The van der Waals surface area contributed by atoms with Crippen LogP contribution in [-0.4, -0.2) is 19.1 Å². The highest BCUT2D eigenvalue weighted by Gasteiger charge is 2.36. The number of alkyl halides is 2. The monoisotopic (exact) mass is 283 g/mol. The maximum Gasteiger partial charge on any atom is 0.248 e. The van der Waals surface area contributed by atoms with Crippen LogP contribution in [0.25, 0.3) is 0 Å². The molecule has 2 nitrogen and oxygen atoms in total. The lowest BCUT2D eigenvalue weighted by atomic mass is 9.80. The highest BCUT2D eigenvalue weighted by atomic mass is 19.3. The molecule has 2 N–H and O–H groups in total. The van der Waals surface area contributed by atoms with E-state index in [4.69, 9.17) is 10.5 Å². The van der Waals surface area contributed by atoms with Gasteiger partial charge in [-0.3, -0.25) is 0 Å². The first-order valence-corrected chi connectivity index (χ1v) is 7.18. The summed E-state index contributed by atoms with van der Waals surface area (Å²) in [6, 6.07) is 5.92. The molecule has 1 aromatic rings. The molecule has 1 aliphatic carbocycles. The van der Waals surface area contributed by atoms with Crippen molar-refractivity contribution in [3.63, 3.8) is 0 Å². The molecule has 0 aliphatic heterocycles. The zero-order chi connectivity index (χ0) is 14.8. The summed E-state index contributed by atoms with van der Waals surface area (Å²) in [5.74, 6) is -1.48. The summed E-state index contributed by atoms with van der Waals surface area (Å²) in [6.45, 7) is 2.02. The minimum absolute atomic E-state index is 0.0314. The molecule has 1 fully saturated rings. The summed E-state index contributed by atoms with van der Waals surface area (Å²) in [5.41, 5.74) is 8.46. The number of ether oxygens (including phenoxy) is 1. The van der Waals surface area contributed by atoms with E-state index in [0.29, 0.717) is 19.3 Å². The molecule has 1 aliphatic rings. The Labute approximate surface area is 119 Å². The molecule has 0 aromatic heterocycles. The SMILES string of the molecule is COc1ccc(C)cc1CC(N)C1CCC(F)(F)CC1. The van der Waals surface area contributed by atoms with Crippen LogP contribution in [0.2, 0.25) is 0 Å². The number of hydrogen-bond acceptors (Lipinski definition) is 2. The summed E-state index contributed by atoms with van der Waals surface area (Å²) < 4.78 is 31.7. The van der Waals surface area contributed by atoms with Crippen LogP contribution in [0.5, 0.6) is 5.75 Å². The van der Waals surface area contributed by atoms with Crippen molar-refractivity contribution in [3.05, 3.63) is 29.3 Å². The molecule has 0 amide bonds. The molecule has 1 saturated carbocycles. The van der Waals surface area contributed by atoms with Gasteiger partial charge < -0.3 is 10.5 Å². The van der Waals surface area contributed by atoms with E-state index in [1.54, 1.807) is 7.11 Å². The van der Waals surface area contributed by atoms with Gasteiger partial charge in [0.1, 0.15) is 5.75 Å². The lowest BCUT2D eigenvalue weighted by Crippen LogP contribution is -2.37. The molecule has 0 spiro atoms. The second-order valence-corrected chi connectivity index (χ2v) is 5.88. The molecule has 0 bridgehead atoms. The van der Waals surface area contributed by atoms with Crippen molar-refractivity contribution in [1.82, 2.24) is 0 Å². The van der Waals surface area contributed by atoms with Crippen molar-refractivity contribution in [2.75, 3.05) is 7.11 Å². The summed E-state index contributed by atoms with van der Waals surface area (Å²) in [4.78, 5) is 0. The molecule has 0 heterocycles. The maximum atomic E-state index is 13.2. The lowest BCUT2D eigenvalue weighted by Gasteiger charge is -2.32. The maximum absolute atomic E-state index is 13.2. The Morgan fingerprint density at radius 3 is 2.60 bits per heavy atom. The van der Waals surface area contributed by atoms with Crippen LogP contribution >= 0.6 is 0 Å². The fourth-order valence-electron chi connectivity index (χ4n) is 2.98. The first-order valence-electron chi connectivity index (χ1n) is 7.18. The van der Waals surface area contributed by atoms with E-state index < -0.39 is 5.92 Å². The van der Waals surface area contributed by atoms with Gasteiger partial charge in [0.2, 0.25) is 5.92 Å². The molecule has 4 heteroatoms. The Hall–Kier alpha value is -1.16. The minimum atomic E-state index is -2.49. The van der Waals surface area contributed by atoms with Gasteiger partial charge >= 0.3 is 0 Å². The number of aryl methyl sites for hydroxylation is 1. The first-order chi connectivity index (χ1) is 9.41. The molecule has 20 heavy (non-hydrogen) atoms. The van der Waals surface area contributed by atoms with Gasteiger partial charge in [-0.1, -0.05) is 17.7 Å². The Morgan fingerprint density at radius 2 is 2.00 bits per heavy atom. The van der Waals surface area contributed by atoms with Crippen molar-refractivity contribution in [1.29, 1.82) is 0 Å². The van der Waals surface area contributed by atoms with Crippen LogP contribution in [0.1, 0.15) is 36.8 Å². The van der Waals surface area contributed by atoms with Crippen LogP contribution in [0.4, 0.5) is 8.78 Å². The molecule has 1 aromatic carbocycles. The van der Waals surface area contributed by atoms with E-state index in [1.165, 1.54) is 0 Å². The fourth-order valence-corrected chi connectivity index (χ4v) is 2.98. The van der Waals surface area contributed by atoms with E-state index in [1.807, 2.05) is 19.1 Å². The molecule has 112 valence electrons. The average molecular weight is 283 g/mol. The Balaban J connectivity index is 2.01. The van der Waals surface area contributed by atoms with E-state index >= 15 is 0 Å². The van der Waals surface area contributed by atoms with Crippen LogP contribution in [-0.2, 0) is 6.42 Å². The zero-order valence-corrected chi connectivity index (χ0v) is 12.2. The van der Waals surface area contributed by atoms with Crippen LogP contribution in [0.3, 0.4) is 0 Å². The van der Waals surface area contributed by atoms with E-state index in [-0.39, 0.29) is 24.8 Å². The number of halogens is 2. The largest absolute Gasteiger partial charge is 0.496 e. The van der Waals surface area contributed by atoms with Gasteiger partial charge in [0.15, 0.2) is 0 Å². The molecular formula is C16H23F2NO. The van der Waals surface area contributed by atoms with Gasteiger partial charge in [-0.25, -0.2) is 8.78 Å². The number of hydrogen-bond donors (Lipinski definition) is 1. The highest BCUT2D eigenvalue weighted by molar-refractivity contribution is 5.37. The van der Waals surface area contributed by atoms with Crippen molar-refractivity contribution >= 4 is 0 Å². The van der Waals surface area contributed by atoms with Crippen LogP contribution in [0.15, 0.2) is 18.2 Å². The van der Waals surface area contributed by atoms with E-state index in [0.717, 1.165) is 16.9 Å². The van der Waals surface area contributed by atoms with Gasteiger partial charge in [-0.15, -0.1) is 0 Å². The number of benzene rings is 1. The highest BCUT2D eigenvalue weighted by Crippen LogP contribution is 2.38. The van der Waals surface area contributed by atoms with Crippen LogP contribution < -0.4 is 10.5 Å². The molecule has 0 saturated heterocycles. The number of nitrogens with two attached hydrogens (primary N) is 1. The van der Waals surface area contributed by atoms with Gasteiger partial charge in [0.05, 0.1) is 7.11 Å². The normalized spacial score (nSPS) is 20.6. The third kappa shape index (κ3) is 3.69. The second-order valence-electron chi connectivity index (χ2n) is 5.88. The third-order valence-electron chi connectivity index (χ3n) is 4.26. The summed E-state index contributed by atoms with van der Waals surface area (Å²) >= 11 is 0. The van der Waals surface area contributed by atoms with Gasteiger partial charge in [0, 0.05) is 18.9 Å². The van der Waals surface area contributed by atoms with Gasteiger partial charge in [0.25, 0.3) is 0 Å². The van der Waals surface area contributed by atoms with Gasteiger partial charge in [-0.2, -0.15) is 0 Å². The van der Waals surface area contributed by atoms with Crippen LogP contribution in [0, 0.1) is 12.8 Å². The van der Waals surface area contributed by atoms with Crippen molar-refractivity contribution in [2.24, 2.45) is 11.7 Å². The summed E-state index contributed by atoms with van der Waals surface area (Å²) in [6.07, 6.45) is 1.65. The lowest BCUT2D eigenvalue weighted by molar-refractivity contribution is -0.0481. The smallest absolute Gasteiger partial charge is 0.248 e. The number of methoxy groups -OCH3 is 1. The zero-order valence-electron chi connectivity index (χ0n) is 12.2. The molecular weight excluding hydrogens is 260 g/mol. The van der Waals surface area contributed by atoms with Crippen molar-refractivity contribution in [3.8, 4) is 5.75 Å². The second kappa shape index (κ2) is 6.08. The Kier molecular flexibility index (Phi) is 4.63. The molecule has 1 unspecified atom stereocenters. The number of rotatable bonds is 4. The molecule has 2 rings (SSSR count). The summed E-state index contributed by atoms with van der Waals surface area (Å²) in [7, 11) is 1.64. The predicted molar refractivity (Wildman–Crippen MR) is 76.3 cm³/mol. The van der Waals surface area contributed by atoms with Gasteiger partial charge in [-0.05, 0) is 43.7 Å². The minimum Gasteiger partial charge on any atom is -0.496 e. The standard InChI is InChI=1S/C16H23F2NO/c1-11-3-4-15(20-2)13(9-11)10-14(19)12-5-7-16(17,18)8-6-12/h3-4,9,12,14H,5-8,10,19H2,1-2H3. The Bertz CT molecular complexity index is 452. The fraction of sp³-hybridized carbons (Fsp3) is 0.625. The molecule has 0 radical (unpaired) electrons. The topological polar surface area (TPSA) is 35.2 Å². The Morgan fingerprint density at radius 1 is 1.35 bits per heavy atom. The quantitative estimate of drug-likeness (QED) is 0.914.